The van der Waals surface area contributed by atoms with Gasteiger partial charge in [-0.1, -0.05) is 247 Å². The average molecular weight is 943 g/mol. The number of rotatable bonds is 10. The molecule has 1 nitrogen and oxygen atoms in total. The Morgan fingerprint density at radius 1 is 0.625 bits per heavy atom. The number of benzene rings is 6. The summed E-state index contributed by atoms with van der Waals surface area (Å²) < 4.78 is 0. The first-order valence-corrected chi connectivity index (χ1v) is 26.2. The van der Waals surface area contributed by atoms with Gasteiger partial charge >= 0.3 is 0 Å². The Bertz CT molecular complexity index is 3170. The van der Waals surface area contributed by atoms with Crippen molar-refractivity contribution in [2.24, 2.45) is 5.41 Å². The number of allylic oxidation sites excluding steroid dienone is 16. The zero-order valence-electron chi connectivity index (χ0n) is 44.3. The highest BCUT2D eigenvalue weighted by molar-refractivity contribution is 5.98. The summed E-state index contributed by atoms with van der Waals surface area (Å²) in [5.74, 6) is 0. The first-order valence-electron chi connectivity index (χ1n) is 26.2. The average Bonchev–Trinajstić information content (AvgIpc) is 3.87. The van der Waals surface area contributed by atoms with E-state index in [4.69, 9.17) is 5.11 Å². The van der Waals surface area contributed by atoms with E-state index >= 15 is 0 Å². The van der Waals surface area contributed by atoms with E-state index < -0.39 is 5.41 Å². The highest BCUT2D eigenvalue weighted by Gasteiger charge is 2.52. The molecule has 0 heterocycles. The topological polar surface area (TPSA) is 20.2 Å². The lowest BCUT2D eigenvalue weighted by Gasteiger charge is -2.31. The molecule has 4 aliphatic carbocycles. The lowest BCUT2D eigenvalue weighted by molar-refractivity contribution is 0.331. The van der Waals surface area contributed by atoms with Gasteiger partial charge in [0.25, 0.3) is 0 Å². The number of aliphatic hydroxyl groups excluding tert-OH is 1. The van der Waals surface area contributed by atoms with Gasteiger partial charge in [-0.3, -0.25) is 0 Å². The molecule has 0 aromatic heterocycles. The van der Waals surface area contributed by atoms with Crippen LogP contribution in [0.5, 0.6) is 0 Å². The van der Waals surface area contributed by atoms with Gasteiger partial charge in [0, 0.05) is 5.41 Å². The van der Waals surface area contributed by atoms with Gasteiger partial charge in [0.2, 0.25) is 0 Å². The fourth-order valence-corrected chi connectivity index (χ4v) is 11.1. The Morgan fingerprint density at radius 3 is 1.94 bits per heavy atom. The molecule has 0 amide bonds. The molecule has 0 saturated carbocycles. The lowest BCUT2D eigenvalue weighted by atomic mass is 9.70. The minimum atomic E-state index is -0.397. The molecule has 6 aromatic rings. The zero-order valence-corrected chi connectivity index (χ0v) is 44.3. The van der Waals surface area contributed by atoms with Gasteiger partial charge in [-0.15, -0.1) is 0 Å². The van der Waals surface area contributed by atoms with Crippen molar-refractivity contribution < 1.29 is 5.11 Å². The molecule has 10 rings (SSSR count). The quantitative estimate of drug-likeness (QED) is 0.135. The number of aliphatic hydroxyl groups is 1. The second kappa shape index (κ2) is 22.6. The largest absolute Gasteiger partial charge is 0.392 e. The second-order valence-corrected chi connectivity index (χ2v) is 20.9. The maximum atomic E-state index is 8.46. The van der Waals surface area contributed by atoms with E-state index in [1.165, 1.54) is 107 Å². The van der Waals surface area contributed by atoms with Crippen LogP contribution < -0.4 is 0 Å². The van der Waals surface area contributed by atoms with Gasteiger partial charge in [0.15, 0.2) is 0 Å². The van der Waals surface area contributed by atoms with E-state index in [9.17, 15) is 0 Å². The smallest absolute Gasteiger partial charge is 0.0725 e. The molecule has 0 aliphatic heterocycles. The van der Waals surface area contributed by atoms with Gasteiger partial charge in [0.1, 0.15) is 0 Å². The second-order valence-electron chi connectivity index (χ2n) is 20.9. The third kappa shape index (κ3) is 10.5. The first kappa shape index (κ1) is 51.3. The molecule has 0 saturated heterocycles. The number of fused-ring (bicyclic) bond motifs is 10. The van der Waals surface area contributed by atoms with Crippen molar-refractivity contribution >= 4 is 6.08 Å². The molecule has 364 valence electrons. The maximum Gasteiger partial charge on any atom is 0.0725 e. The van der Waals surface area contributed by atoms with Crippen LogP contribution in [-0.2, 0) is 10.8 Å². The Kier molecular flexibility index (Phi) is 16.1. The molecular formula is C71H74O. The Morgan fingerprint density at radius 2 is 1.28 bits per heavy atom. The van der Waals surface area contributed by atoms with Crippen LogP contribution in [-0.4, -0.2) is 11.7 Å². The van der Waals surface area contributed by atoms with E-state index in [0.29, 0.717) is 5.41 Å². The molecule has 6 aromatic carbocycles. The van der Waals surface area contributed by atoms with Crippen molar-refractivity contribution in [1.29, 1.82) is 0 Å². The molecule has 0 bridgehead atoms. The minimum absolute atomic E-state index is 0.134. The molecule has 0 radical (unpaired) electrons. The molecule has 72 heavy (non-hydrogen) atoms. The SMILES string of the molecule is C/C=C\C=C(\C)CO.CC/C=C/C=C\C=C/c1cccc2c1-c1ccc(-c3ccc(C)c(C(C)(C)c4ccccc4C)c3)cc1C21c2ccccc2-c2ccccc21.CC1(C)C=CC(C2=CCCC=C2)=CC1. The minimum Gasteiger partial charge on any atom is -0.392 e. The van der Waals surface area contributed by atoms with E-state index in [1.807, 2.05) is 32.1 Å². The van der Waals surface area contributed by atoms with Gasteiger partial charge in [0.05, 0.1) is 12.0 Å². The molecule has 4 aliphatic rings. The normalized spacial score (nSPS) is 16.0. The van der Waals surface area contributed by atoms with Crippen molar-refractivity contribution in [3.63, 3.8) is 0 Å². The van der Waals surface area contributed by atoms with Crippen LogP contribution in [0.2, 0.25) is 0 Å². The summed E-state index contributed by atoms with van der Waals surface area (Å²) in [5.41, 5.74) is 23.5. The summed E-state index contributed by atoms with van der Waals surface area (Å²) in [6, 6.07) is 48.2. The zero-order chi connectivity index (χ0) is 50.9. The Hall–Kier alpha value is -7.06. The summed E-state index contributed by atoms with van der Waals surface area (Å²) in [6.45, 7) is 19.9. The fraction of sp³-hybridized carbons (Fsp3) is 0.239. The van der Waals surface area contributed by atoms with Gasteiger partial charge in [-0.05, 0) is 165 Å². The molecule has 1 heteroatoms. The van der Waals surface area contributed by atoms with Crippen LogP contribution >= 0.6 is 0 Å². The van der Waals surface area contributed by atoms with Crippen molar-refractivity contribution in [2.75, 3.05) is 6.61 Å². The molecule has 0 unspecified atom stereocenters. The summed E-state index contributed by atoms with van der Waals surface area (Å²) in [5, 5.41) is 8.46. The highest BCUT2D eigenvalue weighted by atomic mass is 16.3. The summed E-state index contributed by atoms with van der Waals surface area (Å²) in [4.78, 5) is 0. The third-order valence-electron chi connectivity index (χ3n) is 14.9. The number of aryl methyl sites for hydroxylation is 2. The van der Waals surface area contributed by atoms with Crippen LogP contribution in [0, 0.1) is 19.3 Å². The number of hydrogen-bond acceptors (Lipinski definition) is 1. The van der Waals surface area contributed by atoms with Crippen molar-refractivity contribution in [2.45, 2.75) is 98.8 Å². The summed E-state index contributed by atoms with van der Waals surface area (Å²) in [6.07, 6.45) is 37.1. The predicted octanol–water partition coefficient (Wildman–Crippen LogP) is 18.9. The van der Waals surface area contributed by atoms with Crippen LogP contribution in [0.4, 0.5) is 0 Å². The highest BCUT2D eigenvalue weighted by Crippen LogP contribution is 2.63. The van der Waals surface area contributed by atoms with Gasteiger partial charge < -0.3 is 5.11 Å². The Labute approximate surface area is 432 Å². The van der Waals surface area contributed by atoms with E-state index in [0.717, 1.165) is 18.4 Å². The van der Waals surface area contributed by atoms with E-state index in [-0.39, 0.29) is 12.0 Å². The van der Waals surface area contributed by atoms with Crippen LogP contribution in [0.3, 0.4) is 0 Å². The monoisotopic (exact) mass is 943 g/mol. The lowest BCUT2D eigenvalue weighted by Crippen LogP contribution is -2.26. The molecule has 1 N–H and O–H groups in total. The first-order chi connectivity index (χ1) is 34.8. The van der Waals surface area contributed by atoms with Crippen LogP contribution in [0.15, 0.2) is 229 Å². The third-order valence-corrected chi connectivity index (χ3v) is 14.9. The van der Waals surface area contributed by atoms with E-state index in [2.05, 4.69) is 249 Å². The fourth-order valence-electron chi connectivity index (χ4n) is 11.1. The predicted molar refractivity (Wildman–Crippen MR) is 312 cm³/mol. The van der Waals surface area contributed by atoms with Crippen molar-refractivity contribution in [3.05, 3.63) is 279 Å². The van der Waals surface area contributed by atoms with Gasteiger partial charge in [-0.2, -0.15) is 0 Å². The summed E-state index contributed by atoms with van der Waals surface area (Å²) in [7, 11) is 0. The van der Waals surface area contributed by atoms with Gasteiger partial charge in [-0.25, -0.2) is 0 Å². The maximum absolute atomic E-state index is 8.46. The van der Waals surface area contributed by atoms with Crippen LogP contribution in [0.25, 0.3) is 39.5 Å². The standard InChI is InChI=1S/C50H44.C14H18.C7H12O/c1-6-7-8-9-10-11-20-36-21-18-27-45-48(36)41-31-30-38(37-29-28-35(3)46(32-37)49(4,5)42-24-15-12-19-34(42)2)33-47(41)50(45)43-25-16-13-22-39(43)40-23-14-17-26-44(40)50;1-14(2)10-8-13(9-11-14)12-6-4-3-5-7-12;1-3-4-5-7(2)6-8/h7-33H,6H2,1-5H3;4,6-10H,3,5,11H2,1-2H3;3-5,8H,6H2,1-2H3/b8-7+,10-9-,20-11-;;4-3-,7-5-. The number of hydrogen-bond donors (Lipinski definition) is 1. The van der Waals surface area contributed by atoms with E-state index in [1.54, 1.807) is 0 Å². The molecule has 1 spiro atoms. The van der Waals surface area contributed by atoms with Crippen molar-refractivity contribution in [3.8, 4) is 33.4 Å². The molecule has 0 fully saturated rings. The molecule has 0 atom stereocenters. The molecular weight excluding hydrogens is 869 g/mol. The van der Waals surface area contributed by atoms with Crippen molar-refractivity contribution in [1.82, 2.24) is 0 Å². The Balaban J connectivity index is 0.000000260. The van der Waals surface area contributed by atoms with Crippen LogP contribution in [0.1, 0.15) is 124 Å². The summed E-state index contributed by atoms with van der Waals surface area (Å²) >= 11 is 0.